The zero-order valence-electron chi connectivity index (χ0n) is 35.7. The molecule has 8 heteroatoms. The Morgan fingerprint density at radius 1 is 0.509 bits per heavy atom. The summed E-state index contributed by atoms with van der Waals surface area (Å²) in [6.07, 6.45) is 51.7. The van der Waals surface area contributed by atoms with Gasteiger partial charge in [-0.15, -0.1) is 0 Å². The number of aliphatic hydroxyl groups excluding tert-OH is 2. The largest absolute Gasteiger partial charge is 0.387 e. The van der Waals surface area contributed by atoms with Crippen molar-refractivity contribution in [2.45, 2.75) is 238 Å². The minimum Gasteiger partial charge on any atom is -0.387 e. The van der Waals surface area contributed by atoms with E-state index in [4.69, 9.17) is 0 Å². The second-order valence-electron chi connectivity index (χ2n) is 15.8. The molecule has 0 aliphatic heterocycles. The Balaban J connectivity index is 4.02. The van der Waals surface area contributed by atoms with E-state index in [-0.39, 0.29) is 6.42 Å². The van der Waals surface area contributed by atoms with Crippen molar-refractivity contribution in [2.75, 3.05) is 5.75 Å². The van der Waals surface area contributed by atoms with Crippen molar-refractivity contribution < 1.29 is 28.0 Å². The third kappa shape index (κ3) is 40.3. The van der Waals surface area contributed by atoms with Crippen molar-refractivity contribution in [3.63, 3.8) is 0 Å². The molecule has 0 aliphatic rings. The van der Waals surface area contributed by atoms with Crippen LogP contribution in [0.1, 0.15) is 219 Å². The van der Waals surface area contributed by atoms with Gasteiger partial charge in [0, 0.05) is 0 Å². The smallest absolute Gasteiger partial charge is 0.267 e. The number of rotatable bonds is 41. The summed E-state index contributed by atoms with van der Waals surface area (Å²) in [5.41, 5.74) is 0. The molecule has 0 saturated heterocycles. The lowest BCUT2D eigenvalue weighted by Gasteiger charge is -2.22. The summed E-state index contributed by atoms with van der Waals surface area (Å²) in [4.78, 5) is 12.6. The van der Waals surface area contributed by atoms with Crippen LogP contribution in [-0.4, -0.2) is 53.1 Å². The molecular weight excluding hydrogens is 707 g/mol. The second kappa shape index (κ2) is 40.5. The van der Waals surface area contributed by atoms with E-state index in [0.29, 0.717) is 12.8 Å². The Kier molecular flexibility index (Phi) is 39.2. The highest BCUT2D eigenvalue weighted by Gasteiger charge is 2.27. The predicted molar refractivity (Wildman–Crippen MR) is 236 cm³/mol. The highest BCUT2D eigenvalue weighted by Crippen LogP contribution is 2.15. The van der Waals surface area contributed by atoms with Crippen molar-refractivity contribution in [1.82, 2.24) is 5.32 Å². The summed E-state index contributed by atoms with van der Waals surface area (Å²) in [5, 5.41) is 23.4. The molecule has 322 valence electrons. The van der Waals surface area contributed by atoms with Crippen molar-refractivity contribution >= 4 is 16.0 Å². The van der Waals surface area contributed by atoms with Gasteiger partial charge in [0.05, 0.1) is 17.9 Å². The lowest BCUT2D eigenvalue weighted by atomic mass is 10.0. The number of hydrogen-bond donors (Lipinski definition) is 4. The molecule has 4 N–H and O–H groups in total. The molecular formula is C47H87NO6S. The topological polar surface area (TPSA) is 124 Å². The molecule has 0 fully saturated rings. The van der Waals surface area contributed by atoms with Gasteiger partial charge in [-0.05, 0) is 57.8 Å². The first-order valence-electron chi connectivity index (χ1n) is 23.0. The van der Waals surface area contributed by atoms with Gasteiger partial charge in [0.15, 0.2) is 0 Å². The van der Waals surface area contributed by atoms with Crippen LogP contribution in [0.15, 0.2) is 48.6 Å². The molecule has 55 heavy (non-hydrogen) atoms. The van der Waals surface area contributed by atoms with E-state index in [9.17, 15) is 28.0 Å². The van der Waals surface area contributed by atoms with Gasteiger partial charge in [-0.2, -0.15) is 8.42 Å². The normalized spacial score (nSPS) is 14.2. The fourth-order valence-corrected chi connectivity index (χ4v) is 7.55. The summed E-state index contributed by atoms with van der Waals surface area (Å²) in [6.45, 7) is 4.50. The summed E-state index contributed by atoms with van der Waals surface area (Å²) >= 11 is 0. The standard InChI is InChI=1S/C47H87NO6S/c1-3-5-7-9-11-13-15-17-19-21-23-24-26-27-29-31-33-35-37-39-41-45(49)44(43-55(52,53)54)48-47(51)46(50)42-40-38-36-34-32-30-28-25-22-20-18-16-14-12-10-8-6-4-2/h12,14,16,18,31,33,39,41,44-46,49-50H,3-11,13,15,17,19-30,32,34-38,40,42-43H2,1-2H3,(H,48,51)(H,52,53,54)/b14-12-,18-16-,33-31+,41-39+. The predicted octanol–water partition coefficient (Wildman–Crippen LogP) is 12.8. The number of carbonyl (C=O) groups is 1. The molecule has 0 rings (SSSR count). The van der Waals surface area contributed by atoms with Crippen LogP contribution in [0.4, 0.5) is 0 Å². The number of nitrogens with one attached hydrogen (secondary N) is 1. The number of allylic oxidation sites excluding steroid dienone is 7. The molecule has 0 aromatic rings. The highest BCUT2D eigenvalue weighted by atomic mass is 32.2. The van der Waals surface area contributed by atoms with Gasteiger partial charge < -0.3 is 15.5 Å². The quantitative estimate of drug-likeness (QED) is 0.0211. The summed E-state index contributed by atoms with van der Waals surface area (Å²) < 4.78 is 32.6. The van der Waals surface area contributed by atoms with Gasteiger partial charge in [-0.25, -0.2) is 0 Å². The molecule has 3 unspecified atom stereocenters. The number of amides is 1. The Labute approximate surface area is 340 Å². The molecule has 0 bridgehead atoms. The summed E-state index contributed by atoms with van der Waals surface area (Å²) in [7, 11) is -4.46. The zero-order chi connectivity index (χ0) is 40.5. The van der Waals surface area contributed by atoms with E-state index in [1.54, 1.807) is 6.08 Å². The third-order valence-electron chi connectivity index (χ3n) is 10.4. The van der Waals surface area contributed by atoms with E-state index in [0.717, 1.165) is 38.5 Å². The van der Waals surface area contributed by atoms with Crippen LogP contribution in [0.25, 0.3) is 0 Å². The molecule has 0 saturated carbocycles. The summed E-state index contributed by atoms with van der Waals surface area (Å²) in [5.74, 6) is -1.56. The minimum atomic E-state index is -4.46. The average Bonchev–Trinajstić information content (AvgIpc) is 3.15. The van der Waals surface area contributed by atoms with Crippen LogP contribution in [0.5, 0.6) is 0 Å². The molecule has 0 heterocycles. The number of aliphatic hydroxyl groups is 2. The van der Waals surface area contributed by atoms with Crippen molar-refractivity contribution in [3.8, 4) is 0 Å². The van der Waals surface area contributed by atoms with Crippen LogP contribution in [0.3, 0.4) is 0 Å². The highest BCUT2D eigenvalue weighted by molar-refractivity contribution is 7.85. The first-order chi connectivity index (χ1) is 26.7. The van der Waals surface area contributed by atoms with Crippen LogP contribution in [0.2, 0.25) is 0 Å². The fourth-order valence-electron chi connectivity index (χ4n) is 6.82. The third-order valence-corrected chi connectivity index (χ3v) is 11.1. The molecule has 0 spiro atoms. The number of hydrogen-bond acceptors (Lipinski definition) is 5. The van der Waals surface area contributed by atoms with Crippen molar-refractivity contribution in [2.24, 2.45) is 0 Å². The maximum absolute atomic E-state index is 12.6. The second-order valence-corrected chi connectivity index (χ2v) is 17.3. The van der Waals surface area contributed by atoms with E-state index >= 15 is 0 Å². The maximum atomic E-state index is 12.6. The van der Waals surface area contributed by atoms with E-state index in [1.165, 1.54) is 154 Å². The van der Waals surface area contributed by atoms with Gasteiger partial charge >= 0.3 is 0 Å². The monoisotopic (exact) mass is 794 g/mol. The molecule has 0 aliphatic carbocycles. The fraction of sp³-hybridized carbons (Fsp3) is 0.809. The molecule has 0 radical (unpaired) electrons. The summed E-state index contributed by atoms with van der Waals surface area (Å²) in [6, 6.07) is -1.25. The average molecular weight is 794 g/mol. The Hall–Kier alpha value is -1.74. The zero-order valence-corrected chi connectivity index (χ0v) is 36.5. The van der Waals surface area contributed by atoms with Crippen molar-refractivity contribution in [3.05, 3.63) is 48.6 Å². The lowest BCUT2D eigenvalue weighted by Crippen LogP contribution is -2.50. The van der Waals surface area contributed by atoms with E-state index in [2.05, 4.69) is 55.6 Å². The molecule has 0 aromatic heterocycles. The molecule has 1 amide bonds. The molecule has 7 nitrogen and oxygen atoms in total. The lowest BCUT2D eigenvalue weighted by molar-refractivity contribution is -0.130. The van der Waals surface area contributed by atoms with Crippen LogP contribution < -0.4 is 5.32 Å². The Bertz CT molecular complexity index is 1070. The minimum absolute atomic E-state index is 0.267. The van der Waals surface area contributed by atoms with Gasteiger partial charge in [0.1, 0.15) is 6.10 Å². The Morgan fingerprint density at radius 3 is 1.35 bits per heavy atom. The van der Waals surface area contributed by atoms with E-state index in [1.807, 2.05) is 0 Å². The van der Waals surface area contributed by atoms with Gasteiger partial charge in [-0.1, -0.05) is 210 Å². The Morgan fingerprint density at radius 2 is 0.873 bits per heavy atom. The van der Waals surface area contributed by atoms with Crippen molar-refractivity contribution in [1.29, 1.82) is 0 Å². The number of carbonyl (C=O) groups excluding carboxylic acids is 1. The van der Waals surface area contributed by atoms with Gasteiger partial charge in [-0.3, -0.25) is 9.35 Å². The van der Waals surface area contributed by atoms with Crippen LogP contribution >= 0.6 is 0 Å². The van der Waals surface area contributed by atoms with Crippen LogP contribution in [-0.2, 0) is 14.9 Å². The molecule has 3 atom stereocenters. The molecule has 0 aromatic carbocycles. The van der Waals surface area contributed by atoms with Gasteiger partial charge in [0.2, 0.25) is 5.91 Å². The SMILES string of the molecule is CCCCC/C=C\C=C/CCCCCCCCCCCC(O)C(=O)NC(CS(=O)(=O)O)C(O)/C=C/CC/C=C/CCCCCCCCCCCCCCCC. The first-order valence-corrected chi connectivity index (χ1v) is 24.6. The number of unbranched alkanes of at least 4 members (excludes halogenated alkanes) is 27. The van der Waals surface area contributed by atoms with Crippen LogP contribution in [0, 0.1) is 0 Å². The van der Waals surface area contributed by atoms with Gasteiger partial charge in [0.25, 0.3) is 10.1 Å². The maximum Gasteiger partial charge on any atom is 0.267 e. The first kappa shape index (κ1) is 53.3. The van der Waals surface area contributed by atoms with E-state index < -0.39 is 40.0 Å².